The second-order valence-electron chi connectivity index (χ2n) is 6.96. The minimum absolute atomic E-state index is 0.0895. The normalized spacial score (nSPS) is 19.3. The molecule has 132 valence electrons. The zero-order chi connectivity index (χ0) is 17.8. The lowest BCUT2D eigenvalue weighted by molar-refractivity contribution is -0.138. The molecule has 1 amide bonds. The molecular formula is C20H26N4O. The number of carbonyl (C=O) groups is 1. The molecule has 0 spiro atoms. The number of hydrogen-bond acceptors (Lipinski definition) is 4. The fourth-order valence-corrected chi connectivity index (χ4v) is 3.38. The van der Waals surface area contributed by atoms with E-state index in [0.29, 0.717) is 0 Å². The van der Waals surface area contributed by atoms with Gasteiger partial charge in [0.2, 0.25) is 5.91 Å². The summed E-state index contributed by atoms with van der Waals surface area (Å²) in [5.41, 5.74) is 3.27. The molecule has 1 aromatic heterocycles. The summed E-state index contributed by atoms with van der Waals surface area (Å²) in [4.78, 5) is 22.7. The van der Waals surface area contributed by atoms with E-state index in [2.05, 4.69) is 60.3 Å². The van der Waals surface area contributed by atoms with Gasteiger partial charge in [-0.25, -0.2) is 9.97 Å². The summed E-state index contributed by atoms with van der Waals surface area (Å²) < 4.78 is 0. The van der Waals surface area contributed by atoms with Crippen LogP contribution in [0.4, 0.5) is 0 Å². The van der Waals surface area contributed by atoms with Crippen molar-refractivity contribution in [1.29, 1.82) is 0 Å². The molecule has 0 bridgehead atoms. The van der Waals surface area contributed by atoms with Crippen molar-refractivity contribution in [3.8, 4) is 11.1 Å². The monoisotopic (exact) mass is 338 g/mol. The Morgan fingerprint density at radius 1 is 1.08 bits per heavy atom. The number of benzene rings is 1. The second-order valence-corrected chi connectivity index (χ2v) is 6.96. The van der Waals surface area contributed by atoms with Gasteiger partial charge in [-0.15, -0.1) is 0 Å². The summed E-state index contributed by atoms with van der Waals surface area (Å²) in [6.45, 7) is 7.14. The van der Waals surface area contributed by atoms with Crippen LogP contribution in [-0.4, -0.2) is 39.4 Å². The number of likely N-dealkylation sites (tertiary alicyclic amines) is 1. The highest BCUT2D eigenvalue weighted by Crippen LogP contribution is 2.22. The third-order valence-electron chi connectivity index (χ3n) is 4.85. The lowest BCUT2D eigenvalue weighted by Gasteiger charge is -2.36. The van der Waals surface area contributed by atoms with Crippen LogP contribution < -0.4 is 5.32 Å². The third kappa shape index (κ3) is 4.04. The first-order valence-corrected chi connectivity index (χ1v) is 8.98. The van der Waals surface area contributed by atoms with Gasteiger partial charge in [0.1, 0.15) is 6.33 Å². The fraction of sp³-hybridized carbons (Fsp3) is 0.450. The quantitative estimate of drug-likeness (QED) is 0.909. The predicted molar refractivity (Wildman–Crippen MR) is 98.9 cm³/mol. The van der Waals surface area contributed by atoms with Crippen LogP contribution in [-0.2, 0) is 4.79 Å². The topological polar surface area (TPSA) is 58.1 Å². The van der Waals surface area contributed by atoms with E-state index in [-0.39, 0.29) is 24.0 Å². The van der Waals surface area contributed by atoms with Crippen LogP contribution in [0, 0.1) is 0 Å². The summed E-state index contributed by atoms with van der Waals surface area (Å²) in [5.74, 6) is 0.228. The van der Waals surface area contributed by atoms with Gasteiger partial charge in [-0.3, -0.25) is 10.1 Å². The zero-order valence-electron chi connectivity index (χ0n) is 15.1. The fourth-order valence-electron chi connectivity index (χ4n) is 3.38. The van der Waals surface area contributed by atoms with Gasteiger partial charge in [-0.1, -0.05) is 24.3 Å². The van der Waals surface area contributed by atoms with Gasteiger partial charge in [0, 0.05) is 36.6 Å². The third-order valence-corrected chi connectivity index (χ3v) is 4.85. The Morgan fingerprint density at radius 3 is 2.40 bits per heavy atom. The summed E-state index contributed by atoms with van der Waals surface area (Å²) in [5, 5.41) is 3.51. The van der Waals surface area contributed by atoms with E-state index in [9.17, 15) is 4.79 Å². The number of rotatable bonds is 5. The molecule has 2 heterocycles. The van der Waals surface area contributed by atoms with E-state index in [0.717, 1.165) is 30.5 Å². The van der Waals surface area contributed by atoms with Crippen molar-refractivity contribution in [3.05, 3.63) is 48.5 Å². The molecule has 25 heavy (non-hydrogen) atoms. The van der Waals surface area contributed by atoms with Gasteiger partial charge in [-0.05, 0) is 44.7 Å². The molecule has 1 saturated heterocycles. The van der Waals surface area contributed by atoms with Crippen molar-refractivity contribution in [2.45, 2.75) is 51.7 Å². The highest BCUT2D eigenvalue weighted by molar-refractivity contribution is 5.83. The maximum atomic E-state index is 12.6. The second kappa shape index (κ2) is 7.74. The molecule has 3 rings (SSSR count). The Labute approximate surface area is 149 Å². The van der Waals surface area contributed by atoms with Gasteiger partial charge in [0.25, 0.3) is 0 Å². The van der Waals surface area contributed by atoms with E-state index in [1.54, 1.807) is 0 Å². The molecule has 1 fully saturated rings. The maximum absolute atomic E-state index is 12.6. The van der Waals surface area contributed by atoms with Crippen molar-refractivity contribution in [1.82, 2.24) is 20.2 Å². The van der Waals surface area contributed by atoms with E-state index >= 15 is 0 Å². The van der Waals surface area contributed by atoms with Gasteiger partial charge < -0.3 is 4.90 Å². The number of hydrogen-bond donors (Lipinski definition) is 1. The molecule has 1 aliphatic rings. The van der Waals surface area contributed by atoms with Gasteiger partial charge >= 0.3 is 0 Å². The summed E-state index contributed by atoms with van der Waals surface area (Å²) in [6, 6.07) is 8.67. The van der Waals surface area contributed by atoms with E-state index in [1.165, 1.54) is 11.9 Å². The first-order valence-electron chi connectivity index (χ1n) is 8.98. The molecule has 0 radical (unpaired) electrons. The molecule has 2 atom stereocenters. The molecule has 1 N–H and O–H groups in total. The first kappa shape index (κ1) is 17.5. The average Bonchev–Trinajstić information content (AvgIpc) is 2.64. The number of piperidine rings is 1. The Bertz CT molecular complexity index is 699. The highest BCUT2D eigenvalue weighted by Gasteiger charge is 2.30. The van der Waals surface area contributed by atoms with Gasteiger partial charge in [0.15, 0.2) is 0 Å². The Kier molecular flexibility index (Phi) is 5.43. The SMILES string of the molecule is CC(C)N1CCC[C@H](N[C@@H](C)c2ccc(-c3cncnc3)cc2)C1=O. The van der Waals surface area contributed by atoms with Crippen LogP contribution >= 0.6 is 0 Å². The smallest absolute Gasteiger partial charge is 0.239 e. The first-order chi connectivity index (χ1) is 12.1. The van der Waals surface area contributed by atoms with Crippen molar-refractivity contribution in [2.24, 2.45) is 0 Å². The standard InChI is InChI=1S/C20H26N4O/c1-14(2)24-10-4-5-19(20(24)25)23-15(3)16-6-8-17(9-7-16)18-11-21-13-22-12-18/h6-9,11-15,19,23H,4-5,10H2,1-3H3/t15-,19-/m0/s1. The highest BCUT2D eigenvalue weighted by atomic mass is 16.2. The minimum atomic E-state index is -0.0895. The van der Waals surface area contributed by atoms with Crippen LogP contribution in [0.5, 0.6) is 0 Å². The van der Waals surface area contributed by atoms with E-state index < -0.39 is 0 Å². The molecule has 2 aromatic rings. The number of nitrogens with one attached hydrogen (secondary N) is 1. The average molecular weight is 338 g/mol. The molecule has 0 saturated carbocycles. The van der Waals surface area contributed by atoms with Crippen molar-refractivity contribution < 1.29 is 4.79 Å². The van der Waals surface area contributed by atoms with E-state index in [4.69, 9.17) is 0 Å². The summed E-state index contributed by atoms with van der Waals surface area (Å²) in [7, 11) is 0. The van der Waals surface area contributed by atoms with Gasteiger partial charge in [-0.2, -0.15) is 0 Å². The summed E-state index contributed by atoms with van der Waals surface area (Å²) in [6.07, 6.45) is 7.12. The lowest BCUT2D eigenvalue weighted by atomic mass is 9.99. The molecule has 5 heteroatoms. The number of nitrogens with zero attached hydrogens (tertiary/aromatic N) is 3. The molecule has 5 nitrogen and oxygen atoms in total. The number of aromatic nitrogens is 2. The van der Waals surface area contributed by atoms with E-state index in [1.807, 2.05) is 17.3 Å². The number of amides is 1. The Balaban J connectivity index is 1.67. The molecular weight excluding hydrogens is 312 g/mol. The minimum Gasteiger partial charge on any atom is -0.339 e. The van der Waals surface area contributed by atoms with Crippen LogP contribution in [0.1, 0.15) is 45.2 Å². The van der Waals surface area contributed by atoms with Crippen LogP contribution in [0.15, 0.2) is 43.0 Å². The van der Waals surface area contributed by atoms with Crippen LogP contribution in [0.25, 0.3) is 11.1 Å². The summed E-state index contributed by atoms with van der Waals surface area (Å²) >= 11 is 0. The predicted octanol–water partition coefficient (Wildman–Crippen LogP) is 3.19. The van der Waals surface area contributed by atoms with Crippen molar-refractivity contribution in [3.63, 3.8) is 0 Å². The molecule has 0 unspecified atom stereocenters. The lowest BCUT2D eigenvalue weighted by Crippen LogP contribution is -2.53. The van der Waals surface area contributed by atoms with Crippen LogP contribution in [0.3, 0.4) is 0 Å². The molecule has 1 aromatic carbocycles. The Hall–Kier alpha value is -2.27. The van der Waals surface area contributed by atoms with Crippen molar-refractivity contribution >= 4 is 5.91 Å². The zero-order valence-corrected chi connectivity index (χ0v) is 15.1. The van der Waals surface area contributed by atoms with Gasteiger partial charge in [0.05, 0.1) is 6.04 Å². The molecule has 1 aliphatic heterocycles. The Morgan fingerprint density at radius 2 is 1.76 bits per heavy atom. The van der Waals surface area contributed by atoms with Crippen molar-refractivity contribution in [2.75, 3.05) is 6.54 Å². The number of carbonyl (C=O) groups excluding carboxylic acids is 1. The maximum Gasteiger partial charge on any atom is 0.239 e. The largest absolute Gasteiger partial charge is 0.339 e. The van der Waals surface area contributed by atoms with Crippen LogP contribution in [0.2, 0.25) is 0 Å². The molecule has 0 aliphatic carbocycles.